The predicted octanol–water partition coefficient (Wildman–Crippen LogP) is 2.96. The normalized spacial score (nSPS) is 11.2. The molecule has 30 heavy (non-hydrogen) atoms. The molecule has 0 fully saturated rings. The zero-order valence-corrected chi connectivity index (χ0v) is 17.8. The van der Waals surface area contributed by atoms with E-state index < -0.39 is 21.7 Å². The molecule has 0 atom stereocenters. The number of rotatable bonds is 5. The molecule has 0 aliphatic carbocycles. The fourth-order valence-corrected chi connectivity index (χ4v) is 4.39. The van der Waals surface area contributed by atoms with Crippen LogP contribution in [-0.2, 0) is 9.84 Å². The first-order valence-corrected chi connectivity index (χ1v) is 11.1. The minimum absolute atomic E-state index is 0.0191. The van der Waals surface area contributed by atoms with E-state index in [-0.39, 0.29) is 16.2 Å². The molecule has 3 rings (SSSR count). The van der Waals surface area contributed by atoms with Crippen molar-refractivity contribution in [1.29, 1.82) is 0 Å². The van der Waals surface area contributed by atoms with Crippen LogP contribution in [-0.4, -0.2) is 30.6 Å². The summed E-state index contributed by atoms with van der Waals surface area (Å²) in [4.78, 5) is 25.2. The van der Waals surface area contributed by atoms with Crippen molar-refractivity contribution in [2.75, 3.05) is 5.75 Å². The van der Waals surface area contributed by atoms with E-state index in [0.29, 0.717) is 5.56 Å². The lowest BCUT2D eigenvalue weighted by Gasteiger charge is -2.12. The van der Waals surface area contributed by atoms with Gasteiger partial charge in [0.05, 0.1) is 21.8 Å². The fourth-order valence-electron chi connectivity index (χ4n) is 3.30. The molecule has 2 N–H and O–H groups in total. The van der Waals surface area contributed by atoms with Crippen molar-refractivity contribution in [3.8, 4) is 5.69 Å². The molecular weight excluding hydrogens is 402 g/mol. The minimum atomic E-state index is -3.58. The van der Waals surface area contributed by atoms with Crippen molar-refractivity contribution in [3.05, 3.63) is 83.2 Å². The third-order valence-electron chi connectivity index (χ3n) is 4.83. The number of carbonyl (C=O) groups is 2. The van der Waals surface area contributed by atoms with Crippen molar-refractivity contribution in [2.24, 2.45) is 0 Å². The van der Waals surface area contributed by atoms with Crippen LogP contribution in [0.4, 0.5) is 0 Å². The lowest BCUT2D eigenvalue weighted by atomic mass is 10.2. The van der Waals surface area contributed by atoms with Gasteiger partial charge in [0.25, 0.3) is 11.8 Å². The van der Waals surface area contributed by atoms with E-state index in [2.05, 4.69) is 10.9 Å². The Bertz CT molecular complexity index is 1200. The molecule has 0 unspecified atom stereocenters. The van der Waals surface area contributed by atoms with E-state index in [1.165, 1.54) is 19.1 Å². The van der Waals surface area contributed by atoms with Crippen molar-refractivity contribution >= 4 is 21.7 Å². The highest BCUT2D eigenvalue weighted by atomic mass is 32.2. The van der Waals surface area contributed by atoms with Gasteiger partial charge in [0.2, 0.25) is 0 Å². The van der Waals surface area contributed by atoms with Crippen LogP contribution in [0.1, 0.15) is 39.0 Å². The van der Waals surface area contributed by atoms with Gasteiger partial charge in [-0.25, -0.2) is 8.42 Å². The Balaban J connectivity index is 1.80. The number of sulfone groups is 1. The van der Waals surface area contributed by atoms with Crippen molar-refractivity contribution in [2.45, 2.75) is 25.7 Å². The molecule has 0 spiro atoms. The Hall–Kier alpha value is -3.39. The molecule has 2 aromatic carbocycles. The number of aromatic nitrogens is 1. The molecular formula is C22H23N3O4S. The van der Waals surface area contributed by atoms with Gasteiger partial charge in [-0.2, -0.15) is 0 Å². The Labute approximate surface area is 175 Å². The summed E-state index contributed by atoms with van der Waals surface area (Å²) in [6, 6.07) is 17.3. The maximum atomic E-state index is 12.7. The molecule has 0 saturated heterocycles. The van der Waals surface area contributed by atoms with E-state index in [1.54, 1.807) is 18.2 Å². The first-order valence-electron chi connectivity index (χ1n) is 9.43. The van der Waals surface area contributed by atoms with Crippen LogP contribution >= 0.6 is 0 Å². The average Bonchev–Trinajstić information content (AvgIpc) is 3.06. The van der Waals surface area contributed by atoms with Gasteiger partial charge in [-0.05, 0) is 44.2 Å². The second-order valence-corrected chi connectivity index (χ2v) is 9.01. The van der Waals surface area contributed by atoms with Crippen LogP contribution in [0.2, 0.25) is 0 Å². The molecule has 7 nitrogen and oxygen atoms in total. The van der Waals surface area contributed by atoms with Crippen molar-refractivity contribution < 1.29 is 18.0 Å². The summed E-state index contributed by atoms with van der Waals surface area (Å²) in [6.07, 6.45) is 0. The predicted molar refractivity (Wildman–Crippen MR) is 114 cm³/mol. The fraction of sp³-hybridized carbons (Fsp3) is 0.182. The van der Waals surface area contributed by atoms with Crippen LogP contribution in [0.5, 0.6) is 0 Å². The van der Waals surface area contributed by atoms with E-state index >= 15 is 0 Å². The smallest absolute Gasteiger partial charge is 0.271 e. The summed E-state index contributed by atoms with van der Waals surface area (Å²) >= 11 is 0. The number of para-hydroxylation sites is 1. The summed E-state index contributed by atoms with van der Waals surface area (Å²) in [5, 5.41) is 0. The van der Waals surface area contributed by atoms with Crippen molar-refractivity contribution in [1.82, 2.24) is 15.4 Å². The average molecular weight is 426 g/mol. The van der Waals surface area contributed by atoms with Gasteiger partial charge in [-0.3, -0.25) is 20.4 Å². The molecule has 0 bridgehead atoms. The second kappa shape index (κ2) is 8.54. The first kappa shape index (κ1) is 21.3. The number of aryl methyl sites for hydroxylation is 1. The van der Waals surface area contributed by atoms with E-state index in [4.69, 9.17) is 0 Å². The molecule has 3 aromatic rings. The number of benzene rings is 2. The van der Waals surface area contributed by atoms with Gasteiger partial charge in [-0.15, -0.1) is 0 Å². The SMILES string of the molecule is CCS(=O)(=O)c1ccccc1C(=O)NNC(=O)c1cc(C)n(-c2ccccc2)c1C. The van der Waals surface area contributed by atoms with Crippen LogP contribution in [0.25, 0.3) is 5.69 Å². The Morgan fingerprint density at radius 1 is 0.867 bits per heavy atom. The number of hydrogen-bond donors (Lipinski definition) is 2. The molecule has 156 valence electrons. The zero-order valence-electron chi connectivity index (χ0n) is 17.0. The van der Waals surface area contributed by atoms with E-state index in [0.717, 1.165) is 17.1 Å². The summed E-state index contributed by atoms with van der Waals surface area (Å²) in [5.41, 5.74) is 7.60. The quantitative estimate of drug-likeness (QED) is 0.614. The number of hydrogen-bond acceptors (Lipinski definition) is 4. The number of nitrogens with one attached hydrogen (secondary N) is 2. The minimum Gasteiger partial charge on any atom is -0.318 e. The van der Waals surface area contributed by atoms with E-state index in [9.17, 15) is 18.0 Å². The van der Waals surface area contributed by atoms with Gasteiger partial charge in [0.15, 0.2) is 9.84 Å². The Kier molecular flexibility index (Phi) is 6.07. The highest BCUT2D eigenvalue weighted by Gasteiger charge is 2.22. The molecule has 0 saturated carbocycles. The maximum Gasteiger partial charge on any atom is 0.271 e. The summed E-state index contributed by atoms with van der Waals surface area (Å²) < 4.78 is 26.4. The largest absolute Gasteiger partial charge is 0.318 e. The molecule has 1 aromatic heterocycles. The molecule has 1 heterocycles. The van der Waals surface area contributed by atoms with Gasteiger partial charge in [0, 0.05) is 17.1 Å². The summed E-state index contributed by atoms with van der Waals surface area (Å²) in [6.45, 7) is 5.22. The third kappa shape index (κ3) is 4.13. The van der Waals surface area contributed by atoms with Crippen molar-refractivity contribution in [3.63, 3.8) is 0 Å². The molecule has 0 radical (unpaired) electrons. The van der Waals surface area contributed by atoms with Gasteiger partial charge in [-0.1, -0.05) is 37.3 Å². The third-order valence-corrected chi connectivity index (χ3v) is 6.61. The zero-order chi connectivity index (χ0) is 21.9. The molecule has 8 heteroatoms. The standard InChI is InChI=1S/C22H23N3O4S/c1-4-30(28,29)20-13-9-8-12-18(20)21(26)23-24-22(27)19-14-15(2)25(16(19)3)17-10-6-5-7-11-17/h5-14H,4H2,1-3H3,(H,23,26)(H,24,27). The summed E-state index contributed by atoms with van der Waals surface area (Å²) in [7, 11) is -3.58. The lowest BCUT2D eigenvalue weighted by Crippen LogP contribution is -2.42. The first-order chi connectivity index (χ1) is 14.3. The van der Waals surface area contributed by atoms with E-state index in [1.807, 2.05) is 48.7 Å². The molecule has 0 aliphatic rings. The van der Waals surface area contributed by atoms with Crippen LogP contribution < -0.4 is 10.9 Å². The highest BCUT2D eigenvalue weighted by Crippen LogP contribution is 2.21. The second-order valence-electron chi connectivity index (χ2n) is 6.76. The topological polar surface area (TPSA) is 97.3 Å². The Morgan fingerprint density at radius 2 is 1.43 bits per heavy atom. The van der Waals surface area contributed by atoms with Gasteiger partial charge >= 0.3 is 0 Å². The lowest BCUT2D eigenvalue weighted by molar-refractivity contribution is 0.0844. The maximum absolute atomic E-state index is 12.7. The Morgan fingerprint density at radius 3 is 2.07 bits per heavy atom. The monoisotopic (exact) mass is 425 g/mol. The number of carbonyl (C=O) groups excluding carboxylic acids is 2. The highest BCUT2D eigenvalue weighted by molar-refractivity contribution is 7.91. The van der Waals surface area contributed by atoms with Gasteiger partial charge < -0.3 is 4.57 Å². The summed E-state index contributed by atoms with van der Waals surface area (Å²) in [5.74, 6) is -1.32. The number of nitrogens with zero attached hydrogens (tertiary/aromatic N) is 1. The van der Waals surface area contributed by atoms with Crippen LogP contribution in [0, 0.1) is 13.8 Å². The van der Waals surface area contributed by atoms with Gasteiger partial charge in [0.1, 0.15) is 0 Å². The van der Waals surface area contributed by atoms with Crippen LogP contribution in [0.15, 0.2) is 65.6 Å². The molecule has 0 aliphatic heterocycles. The van der Waals surface area contributed by atoms with Crippen LogP contribution in [0.3, 0.4) is 0 Å². The molecule has 2 amide bonds. The number of amides is 2. The number of hydrazine groups is 1.